The van der Waals surface area contributed by atoms with Gasteiger partial charge in [-0.05, 0) is 12.1 Å². The number of anilines is 1. The van der Waals surface area contributed by atoms with E-state index in [0.29, 0.717) is 0 Å². The van der Waals surface area contributed by atoms with Gasteiger partial charge in [-0.3, -0.25) is 4.31 Å². The molecular formula is C7H11N3O4S2. The molecule has 0 aliphatic rings. The summed E-state index contributed by atoms with van der Waals surface area (Å²) in [5.41, 5.74) is -0.0764. The highest BCUT2D eigenvalue weighted by atomic mass is 32.2. The third-order valence-corrected chi connectivity index (χ3v) is 3.90. The van der Waals surface area contributed by atoms with Gasteiger partial charge in [-0.1, -0.05) is 0 Å². The fourth-order valence-corrected chi connectivity index (χ4v) is 2.29. The van der Waals surface area contributed by atoms with Crippen LogP contribution >= 0.6 is 0 Å². The van der Waals surface area contributed by atoms with E-state index in [4.69, 9.17) is 5.14 Å². The molecular weight excluding hydrogens is 254 g/mol. The van der Waals surface area contributed by atoms with Crippen molar-refractivity contribution in [2.75, 3.05) is 17.6 Å². The minimum Gasteiger partial charge on any atom is -0.271 e. The minimum atomic E-state index is -4.06. The Labute approximate surface area is 94.0 Å². The van der Waals surface area contributed by atoms with Crippen molar-refractivity contribution in [2.45, 2.75) is 5.03 Å². The Hall–Kier alpha value is -1.19. The van der Waals surface area contributed by atoms with Gasteiger partial charge in [0.15, 0.2) is 5.03 Å². The molecule has 0 spiro atoms. The largest absolute Gasteiger partial charge is 0.271 e. The lowest BCUT2D eigenvalue weighted by Gasteiger charge is -2.18. The molecule has 90 valence electrons. The lowest BCUT2D eigenvalue weighted by Crippen LogP contribution is -2.28. The number of aromatic nitrogens is 1. The molecule has 0 unspecified atom stereocenters. The first kappa shape index (κ1) is 12.9. The quantitative estimate of drug-likeness (QED) is 0.763. The van der Waals surface area contributed by atoms with Crippen LogP contribution in [-0.4, -0.2) is 35.1 Å². The molecule has 1 heterocycles. The van der Waals surface area contributed by atoms with Crippen molar-refractivity contribution in [2.24, 2.45) is 5.14 Å². The van der Waals surface area contributed by atoms with E-state index in [2.05, 4.69) is 4.98 Å². The van der Waals surface area contributed by atoms with E-state index in [9.17, 15) is 16.8 Å². The van der Waals surface area contributed by atoms with Crippen LogP contribution < -0.4 is 9.44 Å². The zero-order valence-corrected chi connectivity index (χ0v) is 10.3. The third kappa shape index (κ3) is 2.68. The Morgan fingerprint density at radius 3 is 2.31 bits per heavy atom. The maximum absolute atomic E-state index is 11.3. The first-order chi connectivity index (χ1) is 7.14. The number of hydrogen-bond acceptors (Lipinski definition) is 5. The van der Waals surface area contributed by atoms with Gasteiger partial charge in [-0.15, -0.1) is 0 Å². The van der Waals surface area contributed by atoms with E-state index in [0.717, 1.165) is 10.6 Å². The Morgan fingerprint density at radius 2 is 1.88 bits per heavy atom. The molecule has 1 rings (SSSR count). The SMILES string of the molecule is CN(c1cccnc1S(N)(=O)=O)S(C)(=O)=O. The summed E-state index contributed by atoms with van der Waals surface area (Å²) >= 11 is 0. The predicted octanol–water partition coefficient (Wildman–Crippen LogP) is -0.875. The summed E-state index contributed by atoms with van der Waals surface area (Å²) in [4.78, 5) is 3.57. The van der Waals surface area contributed by atoms with Gasteiger partial charge in [-0.25, -0.2) is 27.0 Å². The van der Waals surface area contributed by atoms with E-state index in [1.54, 1.807) is 0 Å². The van der Waals surface area contributed by atoms with Crippen LogP contribution in [0, 0.1) is 0 Å². The zero-order chi connectivity index (χ0) is 12.6. The number of hydrogen-bond donors (Lipinski definition) is 1. The molecule has 0 aliphatic carbocycles. The van der Waals surface area contributed by atoms with Gasteiger partial charge in [-0.2, -0.15) is 0 Å². The van der Waals surface area contributed by atoms with Crippen molar-refractivity contribution in [3.8, 4) is 0 Å². The van der Waals surface area contributed by atoms with Crippen molar-refractivity contribution in [1.29, 1.82) is 0 Å². The molecule has 7 nitrogen and oxygen atoms in total. The van der Waals surface area contributed by atoms with E-state index in [1.807, 2.05) is 0 Å². The van der Waals surface area contributed by atoms with E-state index in [-0.39, 0.29) is 5.69 Å². The first-order valence-corrected chi connectivity index (χ1v) is 7.45. The monoisotopic (exact) mass is 265 g/mol. The van der Waals surface area contributed by atoms with Gasteiger partial charge in [0.25, 0.3) is 10.0 Å². The van der Waals surface area contributed by atoms with Crippen molar-refractivity contribution in [3.63, 3.8) is 0 Å². The zero-order valence-electron chi connectivity index (χ0n) is 8.65. The average molecular weight is 265 g/mol. The average Bonchev–Trinajstić information content (AvgIpc) is 2.14. The molecule has 0 amide bonds. The Bertz CT molecular complexity index is 594. The Balaban J connectivity index is 3.48. The molecule has 0 fully saturated rings. The highest BCUT2D eigenvalue weighted by Gasteiger charge is 2.22. The number of pyridine rings is 1. The van der Waals surface area contributed by atoms with Crippen LogP contribution in [0.2, 0.25) is 0 Å². The van der Waals surface area contributed by atoms with Gasteiger partial charge in [0, 0.05) is 13.2 Å². The number of primary sulfonamides is 1. The molecule has 2 N–H and O–H groups in total. The Morgan fingerprint density at radius 1 is 1.31 bits per heavy atom. The normalized spacial score (nSPS) is 12.4. The molecule has 0 radical (unpaired) electrons. The van der Waals surface area contributed by atoms with Crippen LogP contribution in [0.5, 0.6) is 0 Å². The molecule has 9 heteroatoms. The molecule has 1 aromatic heterocycles. The summed E-state index contributed by atoms with van der Waals surface area (Å²) in [6, 6.07) is 2.74. The number of rotatable bonds is 3. The summed E-state index contributed by atoms with van der Waals surface area (Å²) < 4.78 is 45.7. The molecule has 0 bridgehead atoms. The smallest absolute Gasteiger partial charge is 0.257 e. The van der Waals surface area contributed by atoms with Crippen LogP contribution in [-0.2, 0) is 20.0 Å². The van der Waals surface area contributed by atoms with Crippen molar-refractivity contribution < 1.29 is 16.8 Å². The number of sulfonamides is 2. The van der Waals surface area contributed by atoms with Gasteiger partial charge in [0.1, 0.15) is 0 Å². The Kier molecular flexibility index (Phi) is 3.22. The summed E-state index contributed by atoms with van der Waals surface area (Å²) in [6.45, 7) is 0. The van der Waals surface area contributed by atoms with Crippen molar-refractivity contribution >= 4 is 25.7 Å². The molecule has 16 heavy (non-hydrogen) atoms. The van der Waals surface area contributed by atoms with E-state index >= 15 is 0 Å². The fraction of sp³-hybridized carbons (Fsp3) is 0.286. The molecule has 0 saturated heterocycles. The van der Waals surface area contributed by atoms with Gasteiger partial charge < -0.3 is 0 Å². The van der Waals surface area contributed by atoms with Crippen LogP contribution in [0.3, 0.4) is 0 Å². The van der Waals surface area contributed by atoms with Crippen LogP contribution in [0.15, 0.2) is 23.4 Å². The summed E-state index contributed by atoms with van der Waals surface area (Å²) in [5.74, 6) is 0. The molecule has 0 atom stereocenters. The summed E-state index contributed by atoms with van der Waals surface area (Å²) in [5, 5.41) is 4.46. The predicted molar refractivity (Wildman–Crippen MR) is 58.9 cm³/mol. The minimum absolute atomic E-state index is 0.0764. The first-order valence-electron chi connectivity index (χ1n) is 4.06. The second-order valence-corrected chi connectivity index (χ2v) is 6.59. The standard InChI is InChI=1S/C7H11N3O4S2/c1-10(15(2,11)12)6-4-3-5-9-7(6)16(8,13)14/h3-5H,1-2H3,(H2,8,13,14). The molecule has 1 aromatic rings. The van der Waals surface area contributed by atoms with Gasteiger partial charge in [0.05, 0.1) is 11.9 Å². The van der Waals surface area contributed by atoms with Gasteiger partial charge in [0.2, 0.25) is 10.0 Å². The third-order valence-electron chi connectivity index (χ3n) is 1.86. The maximum Gasteiger partial charge on any atom is 0.257 e. The van der Waals surface area contributed by atoms with E-state index in [1.165, 1.54) is 25.4 Å². The lowest BCUT2D eigenvalue weighted by atomic mass is 10.4. The summed E-state index contributed by atoms with van der Waals surface area (Å²) in [7, 11) is -6.40. The van der Waals surface area contributed by atoms with Crippen LogP contribution in [0.25, 0.3) is 0 Å². The molecule has 0 saturated carbocycles. The summed E-state index contributed by atoms with van der Waals surface area (Å²) in [6.07, 6.45) is 2.17. The molecule has 0 aliphatic heterocycles. The molecule has 0 aromatic carbocycles. The number of nitrogens with two attached hydrogens (primary N) is 1. The number of nitrogens with zero attached hydrogens (tertiary/aromatic N) is 2. The van der Waals surface area contributed by atoms with E-state index < -0.39 is 25.1 Å². The lowest BCUT2D eigenvalue weighted by molar-refractivity contribution is 0.593. The highest BCUT2D eigenvalue weighted by Crippen LogP contribution is 2.22. The van der Waals surface area contributed by atoms with Crippen LogP contribution in [0.4, 0.5) is 5.69 Å². The van der Waals surface area contributed by atoms with Gasteiger partial charge >= 0.3 is 0 Å². The second kappa shape index (κ2) is 4.00. The van der Waals surface area contributed by atoms with Crippen molar-refractivity contribution in [1.82, 2.24) is 4.98 Å². The second-order valence-electron chi connectivity index (χ2n) is 3.10. The highest BCUT2D eigenvalue weighted by molar-refractivity contribution is 7.92. The maximum atomic E-state index is 11.3. The van der Waals surface area contributed by atoms with Crippen LogP contribution in [0.1, 0.15) is 0 Å². The van der Waals surface area contributed by atoms with Crippen molar-refractivity contribution in [3.05, 3.63) is 18.3 Å². The topological polar surface area (TPSA) is 110 Å². The fourth-order valence-electron chi connectivity index (χ4n) is 1.02.